The maximum absolute atomic E-state index is 13.2. The van der Waals surface area contributed by atoms with Gasteiger partial charge in [0.05, 0.1) is 22.5 Å². The van der Waals surface area contributed by atoms with Gasteiger partial charge in [0.25, 0.3) is 0 Å². The molecule has 4 rings (SSSR count). The van der Waals surface area contributed by atoms with Crippen LogP contribution in [0, 0.1) is 0 Å². The lowest BCUT2D eigenvalue weighted by Gasteiger charge is -2.23. The maximum atomic E-state index is 13.2. The first-order chi connectivity index (χ1) is 13.5. The lowest BCUT2D eigenvalue weighted by atomic mass is 9.82. The second-order valence-electron chi connectivity index (χ2n) is 6.61. The molecule has 1 aliphatic rings. The lowest BCUT2D eigenvalue weighted by Crippen LogP contribution is -2.24. The van der Waals surface area contributed by atoms with Crippen LogP contribution in [0.3, 0.4) is 0 Å². The molecule has 5 nitrogen and oxygen atoms in total. The average Bonchev–Trinajstić information content (AvgIpc) is 2.70. The maximum Gasteiger partial charge on any atom is 0.196 e. The summed E-state index contributed by atoms with van der Waals surface area (Å²) in [5.74, 6) is -0.524. The number of nitrogens with two attached hydrogens (primary N) is 1. The van der Waals surface area contributed by atoms with Crippen molar-refractivity contribution in [1.29, 1.82) is 0 Å². The molecule has 0 saturated heterocycles. The molecule has 3 aromatic carbocycles. The SMILES string of the molecule is Nc1c(S)cc(Nc2ccc(CCO)cc2)c2c1C(=O)c1ccccc1C2=O. The summed E-state index contributed by atoms with van der Waals surface area (Å²) in [7, 11) is 0. The highest BCUT2D eigenvalue weighted by Gasteiger charge is 2.34. The molecule has 28 heavy (non-hydrogen) atoms. The molecule has 4 N–H and O–H groups in total. The first-order valence-electron chi connectivity index (χ1n) is 8.82. The van der Waals surface area contributed by atoms with Gasteiger partial charge in [-0.2, -0.15) is 0 Å². The largest absolute Gasteiger partial charge is 0.397 e. The highest BCUT2D eigenvalue weighted by Crippen LogP contribution is 2.39. The van der Waals surface area contributed by atoms with Crippen molar-refractivity contribution < 1.29 is 14.7 Å². The van der Waals surface area contributed by atoms with Crippen molar-refractivity contribution in [2.45, 2.75) is 11.3 Å². The summed E-state index contributed by atoms with van der Waals surface area (Å²) in [6, 6.07) is 15.9. The van der Waals surface area contributed by atoms with Crippen LogP contribution < -0.4 is 11.1 Å². The van der Waals surface area contributed by atoms with E-state index >= 15 is 0 Å². The van der Waals surface area contributed by atoms with Crippen molar-refractivity contribution in [1.82, 2.24) is 0 Å². The number of hydrogen-bond acceptors (Lipinski definition) is 6. The van der Waals surface area contributed by atoms with Gasteiger partial charge in [0.1, 0.15) is 0 Å². The summed E-state index contributed by atoms with van der Waals surface area (Å²) in [4.78, 5) is 26.6. The number of aliphatic hydroxyl groups is 1. The molecule has 0 bridgehead atoms. The molecule has 0 amide bonds. The molecular formula is C22H18N2O3S. The number of rotatable bonds is 4. The number of carbonyl (C=O) groups excluding carboxylic acids is 2. The van der Waals surface area contributed by atoms with Gasteiger partial charge in [-0.05, 0) is 30.2 Å². The normalized spacial score (nSPS) is 12.5. The molecule has 0 heterocycles. The number of nitrogen functional groups attached to an aromatic ring is 1. The Morgan fingerprint density at radius 2 is 1.54 bits per heavy atom. The van der Waals surface area contributed by atoms with E-state index in [4.69, 9.17) is 10.8 Å². The molecule has 0 radical (unpaired) electrons. The molecule has 0 spiro atoms. The number of hydrogen-bond donors (Lipinski definition) is 4. The van der Waals surface area contributed by atoms with Gasteiger partial charge >= 0.3 is 0 Å². The Morgan fingerprint density at radius 3 is 2.14 bits per heavy atom. The van der Waals surface area contributed by atoms with Crippen LogP contribution in [0.15, 0.2) is 59.5 Å². The Labute approximate surface area is 167 Å². The number of carbonyl (C=O) groups is 2. The van der Waals surface area contributed by atoms with Gasteiger partial charge in [-0.25, -0.2) is 0 Å². The molecule has 0 unspecified atom stereocenters. The third-order valence-corrected chi connectivity index (χ3v) is 5.22. The predicted octanol–water partition coefficient (Wildman–Crippen LogP) is 3.61. The van der Waals surface area contributed by atoms with Crippen LogP contribution in [0.2, 0.25) is 0 Å². The average molecular weight is 390 g/mol. The predicted molar refractivity (Wildman–Crippen MR) is 112 cm³/mol. The summed E-state index contributed by atoms with van der Waals surface area (Å²) < 4.78 is 0. The number of thiol groups is 1. The van der Waals surface area contributed by atoms with Crippen LogP contribution in [-0.2, 0) is 6.42 Å². The van der Waals surface area contributed by atoms with E-state index < -0.39 is 0 Å². The Bertz CT molecular complexity index is 1110. The van der Waals surface area contributed by atoms with Crippen LogP contribution in [0.5, 0.6) is 0 Å². The number of anilines is 3. The fourth-order valence-electron chi connectivity index (χ4n) is 3.44. The van der Waals surface area contributed by atoms with E-state index in [1.54, 1.807) is 30.3 Å². The van der Waals surface area contributed by atoms with Crippen molar-refractivity contribution in [2.24, 2.45) is 0 Å². The molecule has 1 aliphatic carbocycles. The van der Waals surface area contributed by atoms with Gasteiger partial charge in [-0.1, -0.05) is 36.4 Å². The van der Waals surface area contributed by atoms with Gasteiger partial charge in [-0.3, -0.25) is 9.59 Å². The van der Waals surface area contributed by atoms with Crippen LogP contribution in [0.4, 0.5) is 17.1 Å². The zero-order valence-corrected chi connectivity index (χ0v) is 15.8. The van der Waals surface area contributed by atoms with Gasteiger partial charge in [0.2, 0.25) is 0 Å². The summed E-state index contributed by atoms with van der Waals surface area (Å²) in [6.45, 7) is 0.0806. The first kappa shape index (κ1) is 18.3. The molecule has 0 fully saturated rings. The summed E-state index contributed by atoms with van der Waals surface area (Å²) >= 11 is 4.40. The van der Waals surface area contributed by atoms with E-state index in [1.165, 1.54) is 0 Å². The van der Waals surface area contributed by atoms with Gasteiger partial charge in [0.15, 0.2) is 11.6 Å². The zero-order valence-electron chi connectivity index (χ0n) is 14.9. The monoisotopic (exact) mass is 390 g/mol. The molecule has 0 saturated carbocycles. The summed E-state index contributed by atoms with van der Waals surface area (Å²) in [6.07, 6.45) is 0.572. The zero-order chi connectivity index (χ0) is 19.8. The topological polar surface area (TPSA) is 92.4 Å². The van der Waals surface area contributed by atoms with Gasteiger partial charge < -0.3 is 16.2 Å². The van der Waals surface area contributed by atoms with Crippen LogP contribution in [0.25, 0.3) is 0 Å². The van der Waals surface area contributed by atoms with Crippen LogP contribution in [-0.4, -0.2) is 23.3 Å². The number of nitrogens with one attached hydrogen (secondary N) is 1. The van der Waals surface area contributed by atoms with Crippen molar-refractivity contribution in [2.75, 3.05) is 17.7 Å². The Balaban J connectivity index is 1.83. The van der Waals surface area contributed by atoms with Crippen molar-refractivity contribution >= 4 is 41.3 Å². The summed E-state index contributed by atoms with van der Waals surface area (Å²) in [5.41, 5.74) is 9.74. The standard InChI is InChI=1S/C22H18N2O3S/c23-20-17(28)11-16(24-13-7-5-12(6-8-13)9-10-25)18-19(20)22(27)15-4-2-1-3-14(15)21(18)26/h1-8,11,24-25,28H,9-10,23H2. The van der Waals surface area contributed by atoms with E-state index in [-0.39, 0.29) is 35.0 Å². The van der Waals surface area contributed by atoms with Crippen LogP contribution >= 0.6 is 12.6 Å². The fourth-order valence-corrected chi connectivity index (χ4v) is 3.68. The molecule has 0 atom stereocenters. The van der Waals surface area contributed by atoms with Crippen molar-refractivity contribution in [3.8, 4) is 0 Å². The smallest absolute Gasteiger partial charge is 0.196 e. The van der Waals surface area contributed by atoms with Gasteiger partial charge in [-0.15, -0.1) is 12.6 Å². The Kier molecular flexibility index (Phi) is 4.66. The minimum Gasteiger partial charge on any atom is -0.397 e. The number of ketones is 2. The third kappa shape index (κ3) is 2.96. The highest BCUT2D eigenvalue weighted by atomic mass is 32.1. The second kappa shape index (κ2) is 7.14. The molecule has 0 aromatic heterocycles. The Hall–Kier alpha value is -3.09. The minimum atomic E-state index is -0.278. The van der Waals surface area contributed by atoms with E-state index in [9.17, 15) is 9.59 Å². The molecule has 0 aliphatic heterocycles. The van der Waals surface area contributed by atoms with Crippen LogP contribution in [0.1, 0.15) is 37.4 Å². The van der Waals surface area contributed by atoms with Crippen molar-refractivity contribution in [3.63, 3.8) is 0 Å². The molecular weight excluding hydrogens is 372 g/mol. The second-order valence-corrected chi connectivity index (χ2v) is 7.09. The van der Waals surface area contributed by atoms with E-state index in [2.05, 4.69) is 17.9 Å². The van der Waals surface area contributed by atoms with E-state index in [0.29, 0.717) is 28.1 Å². The Morgan fingerprint density at radius 1 is 0.929 bits per heavy atom. The van der Waals surface area contributed by atoms with E-state index in [1.807, 2.05) is 24.3 Å². The highest BCUT2D eigenvalue weighted by molar-refractivity contribution is 7.80. The fraction of sp³-hybridized carbons (Fsp3) is 0.0909. The minimum absolute atomic E-state index is 0.0806. The van der Waals surface area contributed by atoms with Gasteiger partial charge in [0, 0.05) is 28.3 Å². The lowest BCUT2D eigenvalue weighted by molar-refractivity contribution is 0.0980. The number of benzene rings is 3. The van der Waals surface area contributed by atoms with E-state index in [0.717, 1.165) is 11.3 Å². The quantitative estimate of drug-likeness (QED) is 0.316. The molecule has 3 aromatic rings. The number of fused-ring (bicyclic) bond motifs is 2. The van der Waals surface area contributed by atoms with Crippen molar-refractivity contribution in [3.05, 3.63) is 82.4 Å². The molecule has 140 valence electrons. The molecule has 6 heteroatoms. The first-order valence-corrected chi connectivity index (χ1v) is 9.26. The number of aliphatic hydroxyl groups excluding tert-OH is 1. The third-order valence-electron chi connectivity index (χ3n) is 4.85. The summed E-state index contributed by atoms with van der Waals surface area (Å²) in [5, 5.41) is 12.3.